The molecule has 0 aromatic rings. The highest BCUT2D eigenvalue weighted by molar-refractivity contribution is 4.57. The molecule has 0 saturated heterocycles. The van der Waals surface area contributed by atoms with Crippen molar-refractivity contribution in [1.82, 2.24) is 5.32 Å². The largest absolute Gasteiger partial charge is 0.317 e. The van der Waals surface area contributed by atoms with Gasteiger partial charge in [0.25, 0.3) is 0 Å². The van der Waals surface area contributed by atoms with Crippen LogP contribution in [0.1, 0.15) is 91.9 Å². The van der Waals surface area contributed by atoms with Crippen LogP contribution < -0.4 is 5.32 Å². The molecule has 0 aliphatic heterocycles. The Morgan fingerprint density at radius 2 is 1.32 bits per heavy atom. The van der Waals surface area contributed by atoms with Crippen LogP contribution in [0.15, 0.2) is 0 Å². The molecule has 19 heavy (non-hydrogen) atoms. The quantitative estimate of drug-likeness (QED) is 0.394. The minimum absolute atomic E-state index is 0.862. The van der Waals surface area contributed by atoms with E-state index in [2.05, 4.69) is 33.0 Å². The van der Waals surface area contributed by atoms with Crippen molar-refractivity contribution < 1.29 is 0 Å². The summed E-state index contributed by atoms with van der Waals surface area (Å²) in [6.45, 7) is 11.8. The Hall–Kier alpha value is -0.0400. The van der Waals surface area contributed by atoms with E-state index in [4.69, 9.17) is 0 Å². The Morgan fingerprint density at radius 3 is 1.95 bits per heavy atom. The number of unbranched alkanes of at least 4 members (excludes halogenated alkanes) is 6. The third kappa shape index (κ3) is 15.9. The summed E-state index contributed by atoms with van der Waals surface area (Å²) >= 11 is 0. The van der Waals surface area contributed by atoms with Crippen LogP contribution in [0.4, 0.5) is 0 Å². The van der Waals surface area contributed by atoms with E-state index in [-0.39, 0.29) is 0 Å². The first-order chi connectivity index (χ1) is 9.16. The Balaban J connectivity index is 3.06. The average molecular weight is 270 g/mol. The normalized spacial score (nSPS) is 13.1. The van der Waals surface area contributed by atoms with Crippen molar-refractivity contribution in [3.8, 4) is 0 Å². The lowest BCUT2D eigenvalue weighted by molar-refractivity contribution is 0.399. The van der Waals surface area contributed by atoms with Crippen molar-refractivity contribution in [2.45, 2.75) is 91.9 Å². The van der Waals surface area contributed by atoms with E-state index in [1.54, 1.807) is 0 Å². The molecule has 1 nitrogen and oxygen atoms in total. The molecule has 0 amide bonds. The first-order valence-electron chi connectivity index (χ1n) is 8.87. The second-order valence-corrected chi connectivity index (χ2v) is 6.75. The molecule has 0 heterocycles. The lowest BCUT2D eigenvalue weighted by Gasteiger charge is -2.13. The average Bonchev–Trinajstić information content (AvgIpc) is 2.35. The van der Waals surface area contributed by atoms with Crippen molar-refractivity contribution in [1.29, 1.82) is 0 Å². The van der Waals surface area contributed by atoms with Crippen molar-refractivity contribution >= 4 is 0 Å². The summed E-state index contributed by atoms with van der Waals surface area (Å²) in [6.07, 6.45) is 14.0. The molecule has 1 unspecified atom stereocenters. The molecule has 1 atom stereocenters. The van der Waals surface area contributed by atoms with E-state index in [1.807, 2.05) is 0 Å². The van der Waals surface area contributed by atoms with Gasteiger partial charge in [-0.1, -0.05) is 72.6 Å². The summed E-state index contributed by atoms with van der Waals surface area (Å²) in [4.78, 5) is 0. The number of hydrogen-bond donors (Lipinski definition) is 1. The van der Waals surface area contributed by atoms with Crippen molar-refractivity contribution in [2.24, 2.45) is 11.8 Å². The monoisotopic (exact) mass is 269 g/mol. The molecule has 0 spiro atoms. The van der Waals surface area contributed by atoms with Gasteiger partial charge in [0.05, 0.1) is 0 Å². The lowest BCUT2D eigenvalue weighted by Crippen LogP contribution is -2.16. The maximum absolute atomic E-state index is 3.59. The third-order valence-corrected chi connectivity index (χ3v) is 3.88. The van der Waals surface area contributed by atoms with Gasteiger partial charge in [-0.25, -0.2) is 0 Å². The van der Waals surface area contributed by atoms with Gasteiger partial charge in [-0.15, -0.1) is 0 Å². The Labute approximate surface area is 122 Å². The SMILES string of the molecule is CCCCCCCCNCCCCC(C)CC(C)C. The zero-order valence-electron chi connectivity index (χ0n) is 14.1. The predicted octanol–water partition coefficient (Wildman–Crippen LogP) is 5.79. The fraction of sp³-hybridized carbons (Fsp3) is 1.00. The van der Waals surface area contributed by atoms with Gasteiger partial charge in [-0.2, -0.15) is 0 Å². The van der Waals surface area contributed by atoms with Crippen molar-refractivity contribution in [3.05, 3.63) is 0 Å². The highest BCUT2D eigenvalue weighted by Gasteiger charge is 2.04. The molecule has 116 valence electrons. The first kappa shape index (κ1) is 19.0. The van der Waals surface area contributed by atoms with Crippen LogP contribution in [-0.2, 0) is 0 Å². The van der Waals surface area contributed by atoms with Crippen LogP contribution >= 0.6 is 0 Å². The smallest absolute Gasteiger partial charge is 0.00489 e. The topological polar surface area (TPSA) is 12.0 Å². The molecule has 0 rings (SSSR count). The van der Waals surface area contributed by atoms with Crippen LogP contribution in [0.2, 0.25) is 0 Å². The highest BCUT2D eigenvalue weighted by atomic mass is 14.8. The highest BCUT2D eigenvalue weighted by Crippen LogP contribution is 2.16. The minimum atomic E-state index is 0.862. The number of rotatable bonds is 14. The fourth-order valence-electron chi connectivity index (χ4n) is 2.82. The molecule has 0 saturated carbocycles. The van der Waals surface area contributed by atoms with Gasteiger partial charge in [0.15, 0.2) is 0 Å². The standard InChI is InChI=1S/C18H39N/c1-5-6-7-8-9-11-14-19-15-12-10-13-18(4)16-17(2)3/h17-19H,5-16H2,1-4H3. The van der Waals surface area contributed by atoms with Gasteiger partial charge < -0.3 is 5.32 Å². The van der Waals surface area contributed by atoms with E-state index in [0.29, 0.717) is 0 Å². The van der Waals surface area contributed by atoms with Crippen LogP contribution in [0, 0.1) is 11.8 Å². The summed E-state index contributed by atoms with van der Waals surface area (Å²) in [5.74, 6) is 1.78. The number of nitrogens with one attached hydrogen (secondary N) is 1. The third-order valence-electron chi connectivity index (χ3n) is 3.88. The van der Waals surface area contributed by atoms with Crippen LogP contribution in [0.5, 0.6) is 0 Å². The summed E-state index contributed by atoms with van der Waals surface area (Å²) in [7, 11) is 0. The molecule has 0 aliphatic carbocycles. The van der Waals surface area contributed by atoms with Gasteiger partial charge in [0, 0.05) is 0 Å². The van der Waals surface area contributed by atoms with Gasteiger partial charge in [0.1, 0.15) is 0 Å². The number of hydrogen-bond acceptors (Lipinski definition) is 1. The van der Waals surface area contributed by atoms with E-state index >= 15 is 0 Å². The molecule has 0 fully saturated rings. The summed E-state index contributed by atoms with van der Waals surface area (Å²) < 4.78 is 0. The predicted molar refractivity (Wildman–Crippen MR) is 88.7 cm³/mol. The van der Waals surface area contributed by atoms with E-state index in [1.165, 1.54) is 77.3 Å². The molecular formula is C18H39N. The summed E-state index contributed by atoms with van der Waals surface area (Å²) in [5, 5.41) is 3.59. The van der Waals surface area contributed by atoms with Crippen LogP contribution in [0.3, 0.4) is 0 Å². The molecule has 0 aromatic carbocycles. The molecule has 0 aromatic heterocycles. The molecule has 1 N–H and O–H groups in total. The maximum atomic E-state index is 3.59. The first-order valence-corrected chi connectivity index (χ1v) is 8.87. The zero-order valence-corrected chi connectivity index (χ0v) is 14.1. The maximum Gasteiger partial charge on any atom is -0.00489 e. The second-order valence-electron chi connectivity index (χ2n) is 6.75. The van der Waals surface area contributed by atoms with E-state index in [9.17, 15) is 0 Å². The van der Waals surface area contributed by atoms with Crippen molar-refractivity contribution in [3.63, 3.8) is 0 Å². The van der Waals surface area contributed by atoms with Crippen LogP contribution in [-0.4, -0.2) is 13.1 Å². The Morgan fingerprint density at radius 1 is 0.737 bits per heavy atom. The van der Waals surface area contributed by atoms with Gasteiger partial charge in [-0.3, -0.25) is 0 Å². The second kappa shape index (κ2) is 14.4. The van der Waals surface area contributed by atoms with Gasteiger partial charge in [-0.05, 0) is 44.2 Å². The Kier molecular flexibility index (Phi) is 14.3. The zero-order chi connectivity index (χ0) is 14.3. The van der Waals surface area contributed by atoms with Crippen molar-refractivity contribution in [2.75, 3.05) is 13.1 Å². The summed E-state index contributed by atoms with van der Waals surface area (Å²) in [6, 6.07) is 0. The Bertz CT molecular complexity index is 165. The van der Waals surface area contributed by atoms with E-state index in [0.717, 1.165) is 11.8 Å². The molecule has 0 aliphatic rings. The lowest BCUT2D eigenvalue weighted by atomic mass is 9.94. The molecular weight excluding hydrogens is 230 g/mol. The molecule has 0 bridgehead atoms. The van der Waals surface area contributed by atoms with Gasteiger partial charge in [0.2, 0.25) is 0 Å². The molecule has 1 heteroatoms. The minimum Gasteiger partial charge on any atom is -0.317 e. The molecule has 0 radical (unpaired) electrons. The summed E-state index contributed by atoms with van der Waals surface area (Å²) in [5.41, 5.74) is 0. The van der Waals surface area contributed by atoms with Crippen LogP contribution in [0.25, 0.3) is 0 Å². The fourth-order valence-corrected chi connectivity index (χ4v) is 2.82. The van der Waals surface area contributed by atoms with Gasteiger partial charge >= 0.3 is 0 Å². The van der Waals surface area contributed by atoms with E-state index < -0.39 is 0 Å².